The number of aryl methyl sites for hydroxylation is 1. The van der Waals surface area contributed by atoms with Crippen LogP contribution in [0, 0.1) is 0 Å². The highest BCUT2D eigenvalue weighted by Crippen LogP contribution is 2.18. The first-order chi connectivity index (χ1) is 6.83. The van der Waals surface area contributed by atoms with Crippen LogP contribution in [0.5, 0.6) is 0 Å². The zero-order chi connectivity index (χ0) is 9.97. The molecule has 0 saturated heterocycles. The van der Waals surface area contributed by atoms with Gasteiger partial charge in [-0.2, -0.15) is 5.10 Å². The lowest BCUT2D eigenvalue weighted by atomic mass is 10.2. The fourth-order valence-electron chi connectivity index (χ4n) is 1.61. The van der Waals surface area contributed by atoms with E-state index in [-0.39, 0.29) is 0 Å². The van der Waals surface area contributed by atoms with Crippen molar-refractivity contribution in [3.8, 4) is 0 Å². The number of nitrogens with zero attached hydrogens (tertiary/aromatic N) is 2. The summed E-state index contributed by atoms with van der Waals surface area (Å²) in [5.41, 5.74) is 5.11. The van der Waals surface area contributed by atoms with Gasteiger partial charge in [-0.15, -0.1) is 0 Å². The lowest BCUT2D eigenvalue weighted by Gasteiger charge is -1.92. The van der Waals surface area contributed by atoms with E-state index in [2.05, 4.69) is 33.4 Å². The van der Waals surface area contributed by atoms with E-state index in [9.17, 15) is 0 Å². The van der Waals surface area contributed by atoms with Gasteiger partial charge in [0, 0.05) is 36.8 Å². The van der Waals surface area contributed by atoms with Gasteiger partial charge in [-0.1, -0.05) is 18.2 Å². The highest BCUT2D eigenvalue weighted by atomic mass is 15.3. The molecule has 0 fully saturated rings. The molecule has 0 aliphatic heterocycles. The molecule has 0 saturated carbocycles. The molecule has 3 heteroatoms. The maximum atomic E-state index is 4.02. The molecule has 0 atom stereocenters. The third-order valence-electron chi connectivity index (χ3n) is 2.26. The minimum Gasteiger partial charge on any atom is -0.350 e. The van der Waals surface area contributed by atoms with E-state index in [1.54, 1.807) is 7.05 Å². The van der Waals surface area contributed by atoms with Gasteiger partial charge in [-0.05, 0) is 6.07 Å². The second kappa shape index (κ2) is 3.54. The largest absolute Gasteiger partial charge is 0.350 e. The van der Waals surface area contributed by atoms with E-state index >= 15 is 0 Å². The van der Waals surface area contributed by atoms with Crippen LogP contribution in [0.15, 0.2) is 35.6 Å². The van der Waals surface area contributed by atoms with Gasteiger partial charge in [0.1, 0.15) is 0 Å². The van der Waals surface area contributed by atoms with Crippen molar-refractivity contribution in [2.24, 2.45) is 12.1 Å². The molecule has 0 spiro atoms. The summed E-state index contributed by atoms with van der Waals surface area (Å²) in [5, 5.41) is 5.25. The predicted octanol–water partition coefficient (Wildman–Crippen LogP) is 1.73. The first kappa shape index (κ1) is 8.81. The summed E-state index contributed by atoms with van der Waals surface area (Å²) in [6, 6.07) is 8.29. The van der Waals surface area contributed by atoms with E-state index in [1.807, 2.05) is 25.4 Å². The number of fused-ring (bicyclic) bond motifs is 1. The molecule has 2 aromatic rings. The third-order valence-corrected chi connectivity index (χ3v) is 2.26. The molecule has 0 radical (unpaired) electrons. The summed E-state index contributed by atoms with van der Waals surface area (Å²) in [5.74, 6) is 0. The van der Waals surface area contributed by atoms with Gasteiger partial charge >= 0.3 is 0 Å². The van der Waals surface area contributed by atoms with Gasteiger partial charge in [0.15, 0.2) is 0 Å². The fourth-order valence-corrected chi connectivity index (χ4v) is 1.61. The van der Waals surface area contributed by atoms with E-state index in [1.165, 1.54) is 10.9 Å². The second-order valence-electron chi connectivity index (χ2n) is 3.19. The van der Waals surface area contributed by atoms with E-state index in [4.69, 9.17) is 0 Å². The van der Waals surface area contributed by atoms with Crippen LogP contribution in [0.2, 0.25) is 0 Å². The zero-order valence-electron chi connectivity index (χ0n) is 8.36. The van der Waals surface area contributed by atoms with Crippen molar-refractivity contribution in [1.29, 1.82) is 0 Å². The lowest BCUT2D eigenvalue weighted by molar-refractivity contribution is 0.907. The molecule has 1 heterocycles. The third kappa shape index (κ3) is 1.37. The monoisotopic (exact) mass is 187 g/mol. The van der Waals surface area contributed by atoms with Gasteiger partial charge in [0.25, 0.3) is 0 Å². The van der Waals surface area contributed by atoms with Crippen molar-refractivity contribution < 1.29 is 0 Å². The van der Waals surface area contributed by atoms with Crippen LogP contribution in [0.25, 0.3) is 10.9 Å². The van der Waals surface area contributed by atoms with E-state index < -0.39 is 0 Å². The number of nitrogens with one attached hydrogen (secondary N) is 1. The number of para-hydroxylation sites is 1. The van der Waals surface area contributed by atoms with Crippen LogP contribution >= 0.6 is 0 Å². The quantitative estimate of drug-likeness (QED) is 0.563. The topological polar surface area (TPSA) is 29.3 Å². The van der Waals surface area contributed by atoms with Crippen molar-refractivity contribution in [2.45, 2.75) is 0 Å². The number of benzene rings is 1. The minimum absolute atomic E-state index is 1.14. The Labute approximate surface area is 83.0 Å². The Morgan fingerprint density at radius 2 is 2.14 bits per heavy atom. The summed E-state index contributed by atoms with van der Waals surface area (Å²) >= 11 is 0. The molecule has 0 aliphatic carbocycles. The summed E-state index contributed by atoms with van der Waals surface area (Å²) in [7, 11) is 3.83. The first-order valence-electron chi connectivity index (χ1n) is 4.57. The maximum absolute atomic E-state index is 4.02. The number of aromatic nitrogens is 1. The molecule has 0 bridgehead atoms. The molecule has 3 nitrogen and oxygen atoms in total. The Morgan fingerprint density at radius 1 is 1.36 bits per heavy atom. The molecule has 0 unspecified atom stereocenters. The van der Waals surface area contributed by atoms with Gasteiger partial charge < -0.3 is 9.99 Å². The molecule has 2 rings (SSSR count). The number of hydrogen-bond acceptors (Lipinski definition) is 2. The van der Waals surface area contributed by atoms with Gasteiger partial charge in [0.2, 0.25) is 0 Å². The maximum Gasteiger partial charge on any atom is 0.0561 e. The minimum atomic E-state index is 1.14. The molecule has 14 heavy (non-hydrogen) atoms. The number of hydrogen-bond donors (Lipinski definition) is 1. The van der Waals surface area contributed by atoms with Crippen LogP contribution in [0.1, 0.15) is 5.56 Å². The van der Waals surface area contributed by atoms with E-state index in [0.29, 0.717) is 0 Å². The van der Waals surface area contributed by atoms with Crippen molar-refractivity contribution in [3.05, 3.63) is 36.0 Å². The Bertz CT molecular complexity index is 468. The Hall–Kier alpha value is -1.77. The molecule has 1 aromatic heterocycles. The molecule has 1 aromatic carbocycles. The van der Waals surface area contributed by atoms with Crippen LogP contribution in [0.3, 0.4) is 0 Å². The molecule has 72 valence electrons. The standard InChI is InChI=1S/C11H13N3/c1-12-13-7-9-8-14(2)11-6-4-3-5-10(9)11/h3-8,12H,1-2H3/b13-7+. The average molecular weight is 187 g/mol. The molecule has 0 aliphatic rings. The summed E-state index contributed by atoms with van der Waals surface area (Å²) in [6.45, 7) is 0. The Kier molecular flexibility index (Phi) is 2.23. The summed E-state index contributed by atoms with van der Waals surface area (Å²) in [6.07, 6.45) is 3.91. The van der Waals surface area contributed by atoms with Gasteiger partial charge in [-0.25, -0.2) is 0 Å². The number of hydrazone groups is 1. The van der Waals surface area contributed by atoms with Crippen molar-refractivity contribution in [2.75, 3.05) is 7.05 Å². The van der Waals surface area contributed by atoms with Crippen LogP contribution < -0.4 is 5.43 Å². The Morgan fingerprint density at radius 3 is 2.93 bits per heavy atom. The van der Waals surface area contributed by atoms with Crippen molar-refractivity contribution >= 4 is 17.1 Å². The molecular formula is C11H13N3. The number of rotatable bonds is 2. The van der Waals surface area contributed by atoms with Gasteiger partial charge in [0.05, 0.1) is 6.21 Å². The smallest absolute Gasteiger partial charge is 0.0561 e. The summed E-state index contributed by atoms with van der Waals surface area (Å²) < 4.78 is 2.10. The van der Waals surface area contributed by atoms with E-state index in [0.717, 1.165) is 5.56 Å². The molecule has 1 N–H and O–H groups in total. The highest BCUT2D eigenvalue weighted by Gasteiger charge is 2.02. The average Bonchev–Trinajstić information content (AvgIpc) is 2.54. The first-order valence-corrected chi connectivity index (χ1v) is 4.57. The lowest BCUT2D eigenvalue weighted by Crippen LogP contribution is -1.94. The van der Waals surface area contributed by atoms with Crippen molar-refractivity contribution in [1.82, 2.24) is 9.99 Å². The zero-order valence-corrected chi connectivity index (χ0v) is 8.36. The van der Waals surface area contributed by atoms with Crippen molar-refractivity contribution in [3.63, 3.8) is 0 Å². The SMILES string of the molecule is CN/N=C/c1cn(C)c2ccccc12. The molecule has 0 amide bonds. The van der Waals surface area contributed by atoms with Crippen LogP contribution in [0.4, 0.5) is 0 Å². The second-order valence-corrected chi connectivity index (χ2v) is 3.19. The summed E-state index contributed by atoms with van der Waals surface area (Å²) in [4.78, 5) is 0. The normalized spacial score (nSPS) is 11.3. The fraction of sp³-hybridized carbons (Fsp3) is 0.182. The predicted molar refractivity (Wildman–Crippen MR) is 59.6 cm³/mol. The van der Waals surface area contributed by atoms with Crippen LogP contribution in [-0.4, -0.2) is 17.8 Å². The molecular weight excluding hydrogens is 174 g/mol. The van der Waals surface area contributed by atoms with Crippen LogP contribution in [-0.2, 0) is 7.05 Å². The highest BCUT2D eigenvalue weighted by molar-refractivity contribution is 5.99. The Balaban J connectivity index is 2.61. The van der Waals surface area contributed by atoms with Gasteiger partial charge in [-0.3, -0.25) is 0 Å².